The van der Waals surface area contributed by atoms with Crippen molar-refractivity contribution in [1.29, 1.82) is 0 Å². The minimum absolute atomic E-state index is 0.0690. The molecule has 0 aliphatic heterocycles. The summed E-state index contributed by atoms with van der Waals surface area (Å²) in [6.07, 6.45) is 4.80. The molecule has 3 aromatic carbocycles. The van der Waals surface area contributed by atoms with Gasteiger partial charge < -0.3 is 14.4 Å². The van der Waals surface area contributed by atoms with Gasteiger partial charge in [0.15, 0.2) is 15.7 Å². The van der Waals surface area contributed by atoms with Crippen molar-refractivity contribution in [2.45, 2.75) is 43.9 Å². The highest BCUT2D eigenvalue weighted by Gasteiger charge is 2.20. The second-order valence-corrected chi connectivity index (χ2v) is 12.3. The van der Waals surface area contributed by atoms with Gasteiger partial charge in [-0.1, -0.05) is 36.4 Å². The third-order valence-corrected chi connectivity index (χ3v) is 7.72. The van der Waals surface area contributed by atoms with Crippen LogP contribution in [0.3, 0.4) is 0 Å². The molecule has 212 valence electrons. The Kier molecular flexibility index (Phi) is 7.58. The quantitative estimate of drug-likeness (QED) is 0.251. The molecular weight excluding hydrogens is 550 g/mol. The molecular formula is C30H28F2N4O4S. The van der Waals surface area contributed by atoms with Gasteiger partial charge in [-0.2, -0.15) is 8.78 Å². The second kappa shape index (κ2) is 11.0. The van der Waals surface area contributed by atoms with Crippen LogP contribution in [0.1, 0.15) is 36.6 Å². The van der Waals surface area contributed by atoms with Crippen LogP contribution in [0.25, 0.3) is 22.2 Å². The van der Waals surface area contributed by atoms with E-state index in [4.69, 9.17) is 9.72 Å². The Hall–Kier alpha value is -4.22. The lowest BCUT2D eigenvalue weighted by Gasteiger charge is -2.15. The summed E-state index contributed by atoms with van der Waals surface area (Å²) in [4.78, 5) is 13.7. The number of aromatic nitrogens is 4. The SMILES string of the molecule is CC(C)(O)c1ncc(-c2ccc3nc(Cc4ccc(S(C)(=O)=O)cc4)n(Cc4ccccc4OC(F)F)c3c2)cn1. The number of halogens is 2. The Morgan fingerprint density at radius 2 is 1.66 bits per heavy atom. The Morgan fingerprint density at radius 3 is 2.29 bits per heavy atom. The van der Waals surface area contributed by atoms with E-state index in [1.807, 2.05) is 22.8 Å². The number of fused-ring (bicyclic) bond motifs is 1. The Morgan fingerprint density at radius 1 is 0.976 bits per heavy atom. The number of nitrogens with zero attached hydrogens (tertiary/aromatic N) is 4. The third-order valence-electron chi connectivity index (χ3n) is 6.59. The van der Waals surface area contributed by atoms with Crippen LogP contribution in [0, 0.1) is 0 Å². The minimum Gasteiger partial charge on any atom is -0.434 e. The van der Waals surface area contributed by atoms with Crippen LogP contribution in [0.2, 0.25) is 0 Å². The molecule has 41 heavy (non-hydrogen) atoms. The number of ether oxygens (including phenoxy) is 1. The summed E-state index contributed by atoms with van der Waals surface area (Å²) >= 11 is 0. The summed E-state index contributed by atoms with van der Waals surface area (Å²) in [6.45, 7) is 0.451. The Labute approximate surface area is 236 Å². The van der Waals surface area contributed by atoms with E-state index in [0.717, 1.165) is 28.5 Å². The van der Waals surface area contributed by atoms with Gasteiger partial charge in [-0.05, 0) is 55.3 Å². The number of sulfone groups is 1. The van der Waals surface area contributed by atoms with Gasteiger partial charge in [0.25, 0.3) is 0 Å². The van der Waals surface area contributed by atoms with E-state index < -0.39 is 22.0 Å². The van der Waals surface area contributed by atoms with Crippen LogP contribution in [-0.4, -0.2) is 45.9 Å². The number of para-hydroxylation sites is 1. The fraction of sp³-hybridized carbons (Fsp3) is 0.233. The zero-order chi connectivity index (χ0) is 29.4. The normalized spacial score (nSPS) is 12.3. The smallest absolute Gasteiger partial charge is 0.387 e. The topological polar surface area (TPSA) is 107 Å². The highest BCUT2D eigenvalue weighted by molar-refractivity contribution is 7.90. The molecule has 0 radical (unpaired) electrons. The van der Waals surface area contributed by atoms with E-state index >= 15 is 0 Å². The minimum atomic E-state index is -3.34. The molecule has 0 aliphatic rings. The fourth-order valence-electron chi connectivity index (χ4n) is 4.51. The molecule has 0 atom stereocenters. The average molecular weight is 579 g/mol. The van der Waals surface area contributed by atoms with Crippen molar-refractivity contribution >= 4 is 20.9 Å². The lowest BCUT2D eigenvalue weighted by Crippen LogP contribution is -2.19. The molecule has 0 amide bonds. The summed E-state index contributed by atoms with van der Waals surface area (Å²) in [5.41, 5.74) is 3.19. The Balaban J connectivity index is 1.59. The number of rotatable bonds is 9. The largest absolute Gasteiger partial charge is 0.434 e. The molecule has 0 bridgehead atoms. The van der Waals surface area contributed by atoms with Gasteiger partial charge in [-0.15, -0.1) is 0 Å². The van der Waals surface area contributed by atoms with Gasteiger partial charge >= 0.3 is 6.61 Å². The molecule has 0 unspecified atom stereocenters. The molecule has 0 saturated heterocycles. The first kappa shape index (κ1) is 28.3. The van der Waals surface area contributed by atoms with Crippen molar-refractivity contribution < 1.29 is 27.0 Å². The monoisotopic (exact) mass is 578 g/mol. The second-order valence-electron chi connectivity index (χ2n) is 10.3. The summed E-state index contributed by atoms with van der Waals surface area (Å²) < 4.78 is 56.8. The van der Waals surface area contributed by atoms with Crippen LogP contribution >= 0.6 is 0 Å². The molecule has 0 spiro atoms. The van der Waals surface area contributed by atoms with Crippen LogP contribution < -0.4 is 4.74 Å². The first-order chi connectivity index (χ1) is 19.4. The van der Waals surface area contributed by atoms with Crippen molar-refractivity contribution in [3.8, 4) is 16.9 Å². The number of aliphatic hydroxyl groups is 1. The van der Waals surface area contributed by atoms with Gasteiger partial charge in [0.1, 0.15) is 17.2 Å². The zero-order valence-electron chi connectivity index (χ0n) is 22.6. The van der Waals surface area contributed by atoms with Crippen molar-refractivity contribution in [2.75, 3.05) is 6.26 Å². The van der Waals surface area contributed by atoms with Crippen LogP contribution in [-0.2, 0) is 28.4 Å². The summed E-state index contributed by atoms with van der Waals surface area (Å²) in [7, 11) is -3.34. The summed E-state index contributed by atoms with van der Waals surface area (Å²) in [5.74, 6) is 1.02. The van der Waals surface area contributed by atoms with Gasteiger partial charge in [0.05, 0.1) is 22.5 Å². The fourth-order valence-corrected chi connectivity index (χ4v) is 5.14. The molecule has 0 fully saturated rings. The molecule has 2 aromatic heterocycles. The maximum atomic E-state index is 13.1. The lowest BCUT2D eigenvalue weighted by molar-refractivity contribution is -0.0504. The first-order valence-corrected chi connectivity index (χ1v) is 14.6. The van der Waals surface area contributed by atoms with Gasteiger partial charge in [0, 0.05) is 36.2 Å². The molecule has 5 aromatic rings. The molecule has 2 heterocycles. The standard InChI is InChI=1S/C30H28F2N4O4S/c1-30(2,37)28-33-16-22(17-34-28)20-10-13-24-25(15-20)36(18-21-6-4-5-7-26(21)40-29(31)32)27(35-24)14-19-8-11-23(12-9-19)41(3,38)39/h4-13,15-17,29,37H,14,18H2,1-3H3. The van der Waals surface area contributed by atoms with E-state index in [-0.39, 0.29) is 17.2 Å². The molecule has 5 rings (SSSR count). The third kappa shape index (κ3) is 6.41. The van der Waals surface area contributed by atoms with Crippen LogP contribution in [0.5, 0.6) is 5.75 Å². The Bertz CT molecular complexity index is 1800. The maximum absolute atomic E-state index is 13.1. The van der Waals surface area contributed by atoms with E-state index in [2.05, 4.69) is 9.97 Å². The van der Waals surface area contributed by atoms with Crippen LogP contribution in [0.15, 0.2) is 84.0 Å². The number of alkyl halides is 2. The van der Waals surface area contributed by atoms with E-state index in [0.29, 0.717) is 29.1 Å². The summed E-state index contributed by atoms with van der Waals surface area (Å²) in [6, 6.07) is 18.9. The van der Waals surface area contributed by atoms with E-state index in [1.165, 1.54) is 6.07 Å². The molecule has 0 saturated carbocycles. The van der Waals surface area contributed by atoms with E-state index in [9.17, 15) is 22.3 Å². The van der Waals surface area contributed by atoms with Gasteiger partial charge in [-0.3, -0.25) is 0 Å². The molecule has 11 heteroatoms. The highest BCUT2D eigenvalue weighted by atomic mass is 32.2. The predicted molar refractivity (Wildman–Crippen MR) is 151 cm³/mol. The van der Waals surface area contributed by atoms with Gasteiger partial charge in [-0.25, -0.2) is 23.4 Å². The van der Waals surface area contributed by atoms with E-state index in [1.54, 1.807) is 68.7 Å². The molecule has 1 N–H and O–H groups in total. The van der Waals surface area contributed by atoms with Crippen molar-refractivity contribution in [3.05, 3.63) is 102 Å². The molecule has 0 aliphatic carbocycles. The predicted octanol–water partition coefficient (Wildman–Crippen LogP) is 5.36. The summed E-state index contributed by atoms with van der Waals surface area (Å²) in [5, 5.41) is 10.2. The van der Waals surface area contributed by atoms with Crippen molar-refractivity contribution in [3.63, 3.8) is 0 Å². The molecule has 8 nitrogen and oxygen atoms in total. The van der Waals surface area contributed by atoms with Crippen molar-refractivity contribution in [1.82, 2.24) is 19.5 Å². The number of benzene rings is 3. The van der Waals surface area contributed by atoms with Gasteiger partial charge in [0.2, 0.25) is 0 Å². The lowest BCUT2D eigenvalue weighted by atomic mass is 10.1. The number of imidazole rings is 1. The van der Waals surface area contributed by atoms with Crippen molar-refractivity contribution in [2.24, 2.45) is 0 Å². The zero-order valence-corrected chi connectivity index (χ0v) is 23.4. The highest BCUT2D eigenvalue weighted by Crippen LogP contribution is 2.29. The maximum Gasteiger partial charge on any atom is 0.387 e. The average Bonchev–Trinajstić information content (AvgIpc) is 3.24. The number of hydrogen-bond donors (Lipinski definition) is 1. The first-order valence-electron chi connectivity index (χ1n) is 12.7. The number of hydrogen-bond acceptors (Lipinski definition) is 7. The van der Waals surface area contributed by atoms with Crippen LogP contribution in [0.4, 0.5) is 8.78 Å².